The molecular weight excluding hydrogens is 398 g/mol. The van der Waals surface area contributed by atoms with E-state index in [2.05, 4.69) is 5.32 Å². The van der Waals surface area contributed by atoms with E-state index in [0.29, 0.717) is 32.6 Å². The molecular formula is C23H35N3O3S. The van der Waals surface area contributed by atoms with E-state index in [0.717, 1.165) is 37.0 Å². The Morgan fingerprint density at radius 2 is 1.77 bits per heavy atom. The number of hydrogen-bond acceptors (Lipinski definition) is 4. The summed E-state index contributed by atoms with van der Waals surface area (Å²) in [6.45, 7) is 6.33. The first-order chi connectivity index (χ1) is 14.5. The number of piperazine rings is 1. The minimum absolute atomic E-state index is 0.0198. The summed E-state index contributed by atoms with van der Waals surface area (Å²) in [5.41, 5.74) is 0. The van der Waals surface area contributed by atoms with Crippen molar-refractivity contribution in [3.63, 3.8) is 0 Å². The van der Waals surface area contributed by atoms with Crippen LogP contribution in [0.1, 0.15) is 57.2 Å². The average molecular weight is 434 g/mol. The van der Waals surface area contributed by atoms with E-state index in [1.807, 2.05) is 41.2 Å². The summed E-state index contributed by atoms with van der Waals surface area (Å²) >= 11 is 1.55. The maximum absolute atomic E-state index is 13.2. The van der Waals surface area contributed by atoms with Gasteiger partial charge < -0.3 is 15.1 Å². The molecule has 7 heteroatoms. The second-order valence-electron chi connectivity index (χ2n) is 8.67. The Hall–Kier alpha value is -1.89. The molecule has 3 rings (SSSR count). The van der Waals surface area contributed by atoms with E-state index in [-0.39, 0.29) is 29.6 Å². The first-order valence-electron chi connectivity index (χ1n) is 11.4. The average Bonchev–Trinajstić information content (AvgIpc) is 3.29. The molecule has 1 N–H and O–H groups in total. The van der Waals surface area contributed by atoms with Crippen LogP contribution in [0.25, 0.3) is 0 Å². The van der Waals surface area contributed by atoms with Crippen molar-refractivity contribution < 1.29 is 14.4 Å². The molecule has 0 radical (unpaired) electrons. The number of carbonyl (C=O) groups is 3. The quantitative estimate of drug-likeness (QED) is 0.718. The fraction of sp³-hybridized carbons (Fsp3) is 0.696. The lowest BCUT2D eigenvalue weighted by Crippen LogP contribution is -2.58. The van der Waals surface area contributed by atoms with Crippen molar-refractivity contribution in [1.29, 1.82) is 0 Å². The number of rotatable bonds is 7. The van der Waals surface area contributed by atoms with Gasteiger partial charge in [-0.05, 0) is 30.2 Å². The van der Waals surface area contributed by atoms with Crippen LogP contribution in [0.3, 0.4) is 0 Å². The SMILES string of the molecule is CCC(C)C(NC(=O)Cc1cccs1)C(=O)N1CCN(C(=O)C2CCCCC2)CC1. The van der Waals surface area contributed by atoms with Crippen LogP contribution in [0, 0.1) is 11.8 Å². The van der Waals surface area contributed by atoms with Gasteiger partial charge in [-0.3, -0.25) is 14.4 Å². The Bertz CT molecular complexity index is 707. The highest BCUT2D eigenvalue weighted by Crippen LogP contribution is 2.26. The maximum Gasteiger partial charge on any atom is 0.245 e. The fourth-order valence-electron chi connectivity index (χ4n) is 4.43. The van der Waals surface area contributed by atoms with Crippen LogP contribution >= 0.6 is 11.3 Å². The highest BCUT2D eigenvalue weighted by molar-refractivity contribution is 7.10. The van der Waals surface area contributed by atoms with Crippen molar-refractivity contribution in [2.24, 2.45) is 11.8 Å². The predicted octanol–water partition coefficient (Wildman–Crippen LogP) is 3.07. The van der Waals surface area contributed by atoms with E-state index in [1.165, 1.54) is 6.42 Å². The molecule has 1 aliphatic carbocycles. The molecule has 2 unspecified atom stereocenters. The molecule has 0 bridgehead atoms. The summed E-state index contributed by atoms with van der Waals surface area (Å²) in [4.78, 5) is 43.3. The Balaban J connectivity index is 1.54. The Morgan fingerprint density at radius 1 is 1.10 bits per heavy atom. The van der Waals surface area contributed by atoms with Crippen molar-refractivity contribution in [3.05, 3.63) is 22.4 Å². The molecule has 1 aromatic rings. The van der Waals surface area contributed by atoms with E-state index in [1.54, 1.807) is 11.3 Å². The van der Waals surface area contributed by atoms with Gasteiger partial charge in [0, 0.05) is 37.0 Å². The van der Waals surface area contributed by atoms with Crippen molar-refractivity contribution >= 4 is 29.1 Å². The number of amides is 3. The topological polar surface area (TPSA) is 69.7 Å². The Morgan fingerprint density at radius 3 is 2.37 bits per heavy atom. The standard InChI is InChI=1S/C23H35N3O3S/c1-3-17(2)21(24-20(27)16-19-10-7-15-30-19)23(29)26-13-11-25(12-14-26)22(28)18-8-5-4-6-9-18/h7,10,15,17-18,21H,3-6,8-9,11-14,16H2,1-2H3,(H,24,27). The van der Waals surface area contributed by atoms with Crippen molar-refractivity contribution in [2.75, 3.05) is 26.2 Å². The van der Waals surface area contributed by atoms with E-state index >= 15 is 0 Å². The van der Waals surface area contributed by atoms with Gasteiger partial charge in [-0.1, -0.05) is 45.6 Å². The monoisotopic (exact) mass is 433 g/mol. The number of nitrogens with one attached hydrogen (secondary N) is 1. The highest BCUT2D eigenvalue weighted by Gasteiger charge is 2.34. The minimum Gasteiger partial charge on any atom is -0.344 e. The molecule has 30 heavy (non-hydrogen) atoms. The zero-order chi connectivity index (χ0) is 21.5. The molecule has 6 nitrogen and oxygen atoms in total. The van der Waals surface area contributed by atoms with Crippen LogP contribution in [0.2, 0.25) is 0 Å². The Kier molecular flexibility index (Phi) is 8.31. The number of nitrogens with zero attached hydrogens (tertiary/aromatic N) is 2. The van der Waals surface area contributed by atoms with Gasteiger partial charge in [0.2, 0.25) is 17.7 Å². The molecule has 2 fully saturated rings. The normalized spacial score (nSPS) is 19.9. The van der Waals surface area contributed by atoms with E-state index < -0.39 is 6.04 Å². The molecule has 1 saturated carbocycles. The van der Waals surface area contributed by atoms with Gasteiger partial charge in [0.25, 0.3) is 0 Å². The zero-order valence-electron chi connectivity index (χ0n) is 18.3. The van der Waals surface area contributed by atoms with Crippen LogP contribution in [-0.4, -0.2) is 59.7 Å². The lowest BCUT2D eigenvalue weighted by atomic mass is 9.88. The molecule has 2 aliphatic rings. The van der Waals surface area contributed by atoms with Gasteiger partial charge in [0.05, 0.1) is 6.42 Å². The third kappa shape index (κ3) is 5.84. The van der Waals surface area contributed by atoms with Gasteiger partial charge in [-0.15, -0.1) is 11.3 Å². The third-order valence-electron chi connectivity index (χ3n) is 6.57. The first-order valence-corrected chi connectivity index (χ1v) is 12.3. The van der Waals surface area contributed by atoms with E-state index in [9.17, 15) is 14.4 Å². The Labute approximate surface area is 184 Å². The summed E-state index contributed by atoms with van der Waals surface area (Å²) in [5.74, 6) is 0.373. The van der Waals surface area contributed by atoms with Gasteiger partial charge in [0.15, 0.2) is 0 Å². The van der Waals surface area contributed by atoms with Crippen molar-refractivity contribution in [1.82, 2.24) is 15.1 Å². The number of carbonyl (C=O) groups excluding carboxylic acids is 3. The van der Waals surface area contributed by atoms with Gasteiger partial charge in [-0.2, -0.15) is 0 Å². The largest absolute Gasteiger partial charge is 0.344 e. The lowest BCUT2D eigenvalue weighted by molar-refractivity contribution is -0.145. The van der Waals surface area contributed by atoms with Crippen LogP contribution in [0.4, 0.5) is 0 Å². The first kappa shape index (κ1) is 22.8. The summed E-state index contributed by atoms with van der Waals surface area (Å²) < 4.78 is 0. The predicted molar refractivity (Wildman–Crippen MR) is 119 cm³/mol. The van der Waals surface area contributed by atoms with Gasteiger partial charge >= 0.3 is 0 Å². The molecule has 2 heterocycles. The molecule has 1 aromatic heterocycles. The minimum atomic E-state index is -0.511. The maximum atomic E-state index is 13.2. The molecule has 1 aliphatic heterocycles. The van der Waals surface area contributed by atoms with Crippen molar-refractivity contribution in [2.45, 2.75) is 64.8 Å². The molecule has 0 aromatic carbocycles. The molecule has 166 valence electrons. The molecule has 0 spiro atoms. The smallest absolute Gasteiger partial charge is 0.245 e. The second kappa shape index (κ2) is 10.9. The third-order valence-corrected chi connectivity index (χ3v) is 7.44. The second-order valence-corrected chi connectivity index (χ2v) is 9.70. The molecule has 2 atom stereocenters. The number of hydrogen-bond donors (Lipinski definition) is 1. The summed E-state index contributed by atoms with van der Waals surface area (Å²) in [7, 11) is 0. The lowest BCUT2D eigenvalue weighted by Gasteiger charge is -2.39. The molecule has 3 amide bonds. The van der Waals surface area contributed by atoms with E-state index in [4.69, 9.17) is 0 Å². The van der Waals surface area contributed by atoms with Gasteiger partial charge in [-0.25, -0.2) is 0 Å². The summed E-state index contributed by atoms with van der Waals surface area (Å²) in [6, 6.07) is 3.36. The highest BCUT2D eigenvalue weighted by atomic mass is 32.1. The fourth-order valence-corrected chi connectivity index (χ4v) is 5.13. The van der Waals surface area contributed by atoms with Crippen molar-refractivity contribution in [3.8, 4) is 0 Å². The summed E-state index contributed by atoms with van der Waals surface area (Å²) in [5, 5.41) is 4.94. The van der Waals surface area contributed by atoms with Crippen LogP contribution in [-0.2, 0) is 20.8 Å². The molecule has 1 saturated heterocycles. The zero-order valence-corrected chi connectivity index (χ0v) is 19.1. The van der Waals surface area contributed by atoms with Gasteiger partial charge in [0.1, 0.15) is 6.04 Å². The van der Waals surface area contributed by atoms with Crippen LogP contribution in [0.15, 0.2) is 17.5 Å². The summed E-state index contributed by atoms with van der Waals surface area (Å²) in [6.07, 6.45) is 6.67. The van der Waals surface area contributed by atoms with Crippen LogP contribution < -0.4 is 5.32 Å². The number of thiophene rings is 1. The van der Waals surface area contributed by atoms with Crippen LogP contribution in [0.5, 0.6) is 0 Å².